The maximum absolute atomic E-state index is 5.48. The maximum Gasteiger partial charge on any atom is 0.142 e. The van der Waals surface area contributed by atoms with Crippen molar-refractivity contribution in [1.29, 1.82) is 0 Å². The minimum atomic E-state index is 0.0776. The second-order valence-electron chi connectivity index (χ2n) is 5.87. The van der Waals surface area contributed by atoms with Gasteiger partial charge in [0, 0.05) is 23.0 Å². The summed E-state index contributed by atoms with van der Waals surface area (Å²) in [6.45, 7) is 9.80. The number of rotatable bonds is 4. The molecule has 1 aromatic carbocycles. The Labute approximate surface area is 115 Å². The molecule has 0 fully saturated rings. The van der Waals surface area contributed by atoms with Gasteiger partial charge in [0.15, 0.2) is 0 Å². The molecular formula is C16H24N2O. The van der Waals surface area contributed by atoms with Crippen molar-refractivity contribution in [3.63, 3.8) is 0 Å². The molecule has 0 amide bonds. The zero-order valence-corrected chi connectivity index (χ0v) is 12.8. The molecule has 0 atom stereocenters. The van der Waals surface area contributed by atoms with Gasteiger partial charge in [0.2, 0.25) is 0 Å². The highest BCUT2D eigenvalue weighted by atomic mass is 16.5. The van der Waals surface area contributed by atoms with E-state index in [1.54, 1.807) is 7.11 Å². The number of ether oxygens (including phenoxy) is 1. The van der Waals surface area contributed by atoms with Crippen molar-refractivity contribution in [2.45, 2.75) is 33.1 Å². The van der Waals surface area contributed by atoms with Gasteiger partial charge in [-0.25, -0.2) is 0 Å². The first-order chi connectivity index (χ1) is 8.92. The lowest BCUT2D eigenvalue weighted by Gasteiger charge is -2.26. The van der Waals surface area contributed by atoms with Crippen LogP contribution in [0.15, 0.2) is 12.1 Å². The lowest BCUT2D eigenvalue weighted by molar-refractivity contribution is 0.419. The average Bonchev–Trinajstić information content (AvgIpc) is 2.68. The lowest BCUT2D eigenvalue weighted by Crippen LogP contribution is -2.31. The largest absolute Gasteiger partial charge is 0.495 e. The number of likely N-dealkylation sites (N-methyl/N-ethyl adjacent to an activating group) is 1. The van der Waals surface area contributed by atoms with Crippen molar-refractivity contribution < 1.29 is 4.74 Å². The predicted molar refractivity (Wildman–Crippen MR) is 81.3 cm³/mol. The highest BCUT2D eigenvalue weighted by Crippen LogP contribution is 2.38. The highest BCUT2D eigenvalue weighted by Gasteiger charge is 2.27. The number of benzene rings is 1. The monoisotopic (exact) mass is 260 g/mol. The number of fused-ring (bicyclic) bond motifs is 1. The number of methoxy groups -OCH3 is 1. The molecule has 1 heterocycles. The summed E-state index contributed by atoms with van der Waals surface area (Å²) in [5.41, 5.74) is 5.09. The standard InChI is InChI=1S/C16H24N2O/c1-10-7-8-12(19-6)15-13(10)14(11(2)18-15)16(3,4)9-17-5/h7-8,17-18H,9H2,1-6H3. The Hall–Kier alpha value is -1.48. The first-order valence-electron chi connectivity index (χ1n) is 6.73. The molecule has 19 heavy (non-hydrogen) atoms. The molecule has 0 aliphatic rings. The summed E-state index contributed by atoms with van der Waals surface area (Å²) in [4.78, 5) is 3.50. The van der Waals surface area contributed by atoms with Crippen LogP contribution in [-0.2, 0) is 5.41 Å². The van der Waals surface area contributed by atoms with Crippen molar-refractivity contribution in [1.82, 2.24) is 10.3 Å². The van der Waals surface area contributed by atoms with Gasteiger partial charge < -0.3 is 15.0 Å². The molecule has 0 aliphatic carbocycles. The Balaban J connectivity index is 2.78. The van der Waals surface area contributed by atoms with Crippen LogP contribution in [-0.4, -0.2) is 25.7 Å². The van der Waals surface area contributed by atoms with Crippen molar-refractivity contribution in [3.05, 3.63) is 29.0 Å². The lowest BCUT2D eigenvalue weighted by atomic mass is 9.81. The Morgan fingerprint density at radius 2 is 1.95 bits per heavy atom. The molecule has 0 saturated heterocycles. The third kappa shape index (κ3) is 2.23. The summed E-state index contributed by atoms with van der Waals surface area (Å²) in [5.74, 6) is 0.912. The van der Waals surface area contributed by atoms with E-state index in [1.807, 2.05) is 13.1 Å². The van der Waals surface area contributed by atoms with Crippen molar-refractivity contribution in [2.24, 2.45) is 0 Å². The number of hydrogen-bond acceptors (Lipinski definition) is 2. The van der Waals surface area contributed by atoms with E-state index in [1.165, 1.54) is 22.2 Å². The van der Waals surface area contributed by atoms with E-state index in [4.69, 9.17) is 4.74 Å². The molecule has 0 saturated carbocycles. The van der Waals surface area contributed by atoms with Crippen molar-refractivity contribution >= 4 is 10.9 Å². The van der Waals surface area contributed by atoms with Gasteiger partial charge >= 0.3 is 0 Å². The van der Waals surface area contributed by atoms with Crippen LogP contribution in [0, 0.1) is 13.8 Å². The molecule has 0 aliphatic heterocycles. The van der Waals surface area contributed by atoms with Crippen molar-refractivity contribution in [2.75, 3.05) is 20.7 Å². The van der Waals surface area contributed by atoms with E-state index in [2.05, 4.69) is 44.1 Å². The van der Waals surface area contributed by atoms with Gasteiger partial charge in [0.1, 0.15) is 5.75 Å². The summed E-state index contributed by atoms with van der Waals surface area (Å²) in [6, 6.07) is 4.16. The molecule has 2 aromatic rings. The average molecular weight is 260 g/mol. The fourth-order valence-corrected chi connectivity index (χ4v) is 3.12. The van der Waals surface area contributed by atoms with Gasteiger partial charge in [0.25, 0.3) is 0 Å². The summed E-state index contributed by atoms with van der Waals surface area (Å²) in [6.07, 6.45) is 0. The van der Waals surface area contributed by atoms with E-state index in [-0.39, 0.29) is 5.41 Å². The topological polar surface area (TPSA) is 37.0 Å². The Kier molecular flexibility index (Phi) is 3.59. The summed E-state index contributed by atoms with van der Waals surface area (Å²) >= 11 is 0. The van der Waals surface area contributed by atoms with Crippen LogP contribution in [0.4, 0.5) is 0 Å². The van der Waals surface area contributed by atoms with Gasteiger partial charge in [-0.2, -0.15) is 0 Å². The first-order valence-corrected chi connectivity index (χ1v) is 6.73. The van der Waals surface area contributed by atoms with Gasteiger partial charge in [-0.3, -0.25) is 0 Å². The molecule has 0 bridgehead atoms. The fraction of sp³-hybridized carbons (Fsp3) is 0.500. The van der Waals surface area contributed by atoms with Gasteiger partial charge in [-0.05, 0) is 38.1 Å². The minimum Gasteiger partial charge on any atom is -0.495 e. The Morgan fingerprint density at radius 1 is 1.26 bits per heavy atom. The predicted octanol–water partition coefficient (Wildman–Crippen LogP) is 3.29. The zero-order chi connectivity index (χ0) is 14.2. The summed E-state index contributed by atoms with van der Waals surface area (Å²) in [5, 5.41) is 4.59. The number of nitrogens with one attached hydrogen (secondary N) is 2. The number of aromatic amines is 1. The molecule has 2 N–H and O–H groups in total. The fourth-order valence-electron chi connectivity index (χ4n) is 3.12. The molecule has 104 valence electrons. The van der Waals surface area contributed by atoms with Crippen LogP contribution >= 0.6 is 0 Å². The van der Waals surface area contributed by atoms with Crippen LogP contribution in [0.25, 0.3) is 10.9 Å². The van der Waals surface area contributed by atoms with E-state index >= 15 is 0 Å². The maximum atomic E-state index is 5.48. The highest BCUT2D eigenvalue weighted by molar-refractivity contribution is 5.93. The normalized spacial score (nSPS) is 12.1. The minimum absolute atomic E-state index is 0.0776. The van der Waals surface area contributed by atoms with E-state index in [0.29, 0.717) is 0 Å². The van der Waals surface area contributed by atoms with Gasteiger partial charge in [-0.15, -0.1) is 0 Å². The second-order valence-corrected chi connectivity index (χ2v) is 5.87. The third-order valence-electron chi connectivity index (χ3n) is 3.83. The van der Waals surface area contributed by atoms with E-state index < -0.39 is 0 Å². The first kappa shape index (κ1) is 13.9. The summed E-state index contributed by atoms with van der Waals surface area (Å²) < 4.78 is 5.48. The van der Waals surface area contributed by atoms with Crippen molar-refractivity contribution in [3.8, 4) is 5.75 Å². The molecule has 3 heteroatoms. The van der Waals surface area contributed by atoms with Crippen LogP contribution in [0.5, 0.6) is 5.75 Å². The number of hydrogen-bond donors (Lipinski definition) is 2. The SMILES string of the molecule is CNCC(C)(C)c1c(C)[nH]c2c(OC)ccc(C)c12. The quantitative estimate of drug-likeness (QED) is 0.885. The summed E-state index contributed by atoms with van der Waals surface area (Å²) in [7, 11) is 3.72. The molecule has 0 radical (unpaired) electrons. The van der Waals surface area contributed by atoms with Crippen LogP contribution < -0.4 is 10.1 Å². The van der Waals surface area contributed by atoms with Crippen LogP contribution in [0.1, 0.15) is 30.7 Å². The Morgan fingerprint density at radius 3 is 2.53 bits per heavy atom. The van der Waals surface area contributed by atoms with Gasteiger partial charge in [-0.1, -0.05) is 19.9 Å². The Bertz CT molecular complexity index is 596. The molecule has 2 rings (SSSR count). The zero-order valence-electron chi connectivity index (χ0n) is 12.8. The molecule has 1 aromatic heterocycles. The van der Waals surface area contributed by atoms with E-state index in [9.17, 15) is 0 Å². The molecule has 0 unspecified atom stereocenters. The number of aryl methyl sites for hydroxylation is 2. The van der Waals surface area contributed by atoms with Crippen LogP contribution in [0.3, 0.4) is 0 Å². The smallest absolute Gasteiger partial charge is 0.142 e. The van der Waals surface area contributed by atoms with Gasteiger partial charge in [0.05, 0.1) is 12.6 Å². The van der Waals surface area contributed by atoms with E-state index in [0.717, 1.165) is 17.8 Å². The molecule has 3 nitrogen and oxygen atoms in total. The second kappa shape index (κ2) is 4.89. The number of H-pyrrole nitrogens is 1. The van der Waals surface area contributed by atoms with Crippen LogP contribution in [0.2, 0.25) is 0 Å². The molecular weight excluding hydrogens is 236 g/mol. The number of aromatic nitrogens is 1. The third-order valence-corrected chi connectivity index (χ3v) is 3.83. The molecule has 0 spiro atoms.